The maximum atomic E-state index is 15.0. The van der Waals surface area contributed by atoms with Crippen LogP contribution >= 0.6 is 39.1 Å². The summed E-state index contributed by atoms with van der Waals surface area (Å²) in [6.45, 7) is 0.966. The minimum atomic E-state index is -5.32. The van der Waals surface area contributed by atoms with Gasteiger partial charge in [-0.2, -0.15) is 39.5 Å². The highest BCUT2D eigenvalue weighted by Crippen LogP contribution is 2.43. The summed E-state index contributed by atoms with van der Waals surface area (Å²) in [6.07, 6.45) is -18.8. The Labute approximate surface area is 237 Å². The van der Waals surface area contributed by atoms with E-state index in [1.807, 2.05) is 5.32 Å². The molecule has 17 heteroatoms. The van der Waals surface area contributed by atoms with Gasteiger partial charge >= 0.3 is 18.5 Å². The third-order valence-electron chi connectivity index (χ3n) is 4.96. The monoisotopic (exact) mass is 690 g/mol. The zero-order valence-corrected chi connectivity index (χ0v) is 22.7. The fourth-order valence-electron chi connectivity index (χ4n) is 3.29. The lowest BCUT2D eigenvalue weighted by atomic mass is 9.95. The highest BCUT2D eigenvalue weighted by Gasteiger charge is 2.41. The SMILES string of the molecule is C[C@H](NC(=O)CC(F)(F)F)NC(=O)c1ccc(/C(F)=C/C(c2cc(Cl)c(Br)c(Cl)c2)C(F)(F)F)cc1C(F)(F)F. The number of halogens is 13. The Morgan fingerprint density at radius 1 is 0.950 bits per heavy atom. The van der Waals surface area contributed by atoms with Crippen LogP contribution in [0.15, 0.2) is 40.9 Å². The van der Waals surface area contributed by atoms with Crippen molar-refractivity contribution in [2.75, 3.05) is 0 Å². The third-order valence-corrected chi connectivity index (χ3v) is 6.87. The van der Waals surface area contributed by atoms with Gasteiger partial charge in [-0.05, 0) is 58.8 Å². The topological polar surface area (TPSA) is 58.2 Å². The number of rotatable bonds is 7. The summed E-state index contributed by atoms with van der Waals surface area (Å²) in [4.78, 5) is 23.7. The first-order valence-electron chi connectivity index (χ1n) is 10.6. The molecule has 0 aromatic heterocycles. The lowest BCUT2D eigenvalue weighted by Crippen LogP contribution is -2.47. The quantitative estimate of drug-likeness (QED) is 0.174. The fourth-order valence-corrected chi connectivity index (χ4v) is 4.02. The number of hydrogen-bond acceptors (Lipinski definition) is 2. The zero-order chi connectivity index (χ0) is 30.8. The average molecular weight is 692 g/mol. The van der Waals surface area contributed by atoms with E-state index in [-0.39, 0.29) is 26.7 Å². The largest absolute Gasteiger partial charge is 0.417 e. The molecule has 0 spiro atoms. The number of amides is 2. The second kappa shape index (κ2) is 12.6. The first-order chi connectivity index (χ1) is 18.1. The van der Waals surface area contributed by atoms with Gasteiger partial charge in [0.05, 0.1) is 31.8 Å². The van der Waals surface area contributed by atoms with Crippen molar-refractivity contribution in [3.05, 3.63) is 73.2 Å². The van der Waals surface area contributed by atoms with Gasteiger partial charge in [0, 0.05) is 5.56 Å². The minimum absolute atomic E-state index is 0.00336. The van der Waals surface area contributed by atoms with E-state index in [0.29, 0.717) is 12.1 Å². The van der Waals surface area contributed by atoms with Crippen molar-refractivity contribution in [3.8, 4) is 0 Å². The van der Waals surface area contributed by atoms with Crippen LogP contribution < -0.4 is 10.6 Å². The van der Waals surface area contributed by atoms with Crippen LogP contribution in [0.4, 0.5) is 43.9 Å². The van der Waals surface area contributed by atoms with Crippen molar-refractivity contribution in [3.63, 3.8) is 0 Å². The van der Waals surface area contributed by atoms with E-state index in [0.717, 1.165) is 19.1 Å². The molecular weight excluding hydrogens is 677 g/mol. The second-order valence-corrected chi connectivity index (χ2v) is 9.75. The number of alkyl halides is 9. The van der Waals surface area contributed by atoms with E-state index >= 15 is 0 Å². The van der Waals surface area contributed by atoms with Crippen molar-refractivity contribution in [1.29, 1.82) is 0 Å². The Morgan fingerprint density at radius 3 is 1.98 bits per heavy atom. The van der Waals surface area contributed by atoms with Gasteiger partial charge in [-0.3, -0.25) is 9.59 Å². The predicted molar refractivity (Wildman–Crippen MR) is 129 cm³/mol. The third kappa shape index (κ3) is 9.26. The van der Waals surface area contributed by atoms with E-state index in [1.165, 1.54) is 0 Å². The molecule has 2 atom stereocenters. The van der Waals surface area contributed by atoms with Gasteiger partial charge in [-0.1, -0.05) is 29.3 Å². The van der Waals surface area contributed by atoms with Gasteiger partial charge < -0.3 is 10.6 Å². The van der Waals surface area contributed by atoms with Gasteiger partial charge in [0.1, 0.15) is 18.2 Å². The Morgan fingerprint density at radius 2 is 1.50 bits per heavy atom. The van der Waals surface area contributed by atoms with Crippen molar-refractivity contribution in [1.82, 2.24) is 10.6 Å². The molecule has 0 aliphatic rings. The molecule has 1 unspecified atom stereocenters. The van der Waals surface area contributed by atoms with Crippen molar-refractivity contribution < 1.29 is 53.5 Å². The smallest absolute Gasteiger partial charge is 0.336 e. The molecule has 0 heterocycles. The van der Waals surface area contributed by atoms with Crippen molar-refractivity contribution >= 4 is 56.8 Å². The van der Waals surface area contributed by atoms with Crippen molar-refractivity contribution in [2.45, 2.75) is 44.0 Å². The number of benzene rings is 2. The summed E-state index contributed by atoms with van der Waals surface area (Å²) in [6, 6.07) is 2.81. The first-order valence-corrected chi connectivity index (χ1v) is 12.1. The molecule has 0 saturated carbocycles. The van der Waals surface area contributed by atoms with Gasteiger partial charge in [0.2, 0.25) is 5.91 Å². The minimum Gasteiger partial charge on any atom is -0.336 e. The molecule has 0 bridgehead atoms. The number of carbonyl (C=O) groups excluding carboxylic acids is 2. The Kier molecular flexibility index (Phi) is 10.6. The summed E-state index contributed by atoms with van der Waals surface area (Å²) in [5.74, 6) is -7.52. The van der Waals surface area contributed by atoms with E-state index in [9.17, 15) is 53.5 Å². The van der Waals surface area contributed by atoms with Gasteiger partial charge in [0.25, 0.3) is 5.91 Å². The lowest BCUT2D eigenvalue weighted by Gasteiger charge is -2.20. The van der Waals surface area contributed by atoms with Crippen LogP contribution in [0.5, 0.6) is 0 Å². The highest BCUT2D eigenvalue weighted by atomic mass is 79.9. The van der Waals surface area contributed by atoms with Gasteiger partial charge in [-0.15, -0.1) is 0 Å². The Bertz CT molecular complexity index is 1290. The average Bonchev–Trinajstić information content (AvgIpc) is 2.77. The number of carbonyl (C=O) groups is 2. The lowest BCUT2D eigenvalue weighted by molar-refractivity contribution is -0.154. The fraction of sp³-hybridized carbons (Fsp3) is 0.304. The molecule has 2 amide bonds. The number of hydrogen-bond donors (Lipinski definition) is 2. The molecule has 40 heavy (non-hydrogen) atoms. The zero-order valence-electron chi connectivity index (χ0n) is 19.6. The molecule has 0 saturated heterocycles. The molecule has 0 radical (unpaired) electrons. The van der Waals surface area contributed by atoms with E-state index in [2.05, 4.69) is 15.9 Å². The van der Waals surface area contributed by atoms with Crippen LogP contribution in [0.2, 0.25) is 10.0 Å². The summed E-state index contributed by atoms with van der Waals surface area (Å²) >= 11 is 14.6. The first kappa shape index (κ1) is 33.7. The molecule has 4 nitrogen and oxygen atoms in total. The number of nitrogens with one attached hydrogen (secondary N) is 2. The van der Waals surface area contributed by atoms with Crippen LogP contribution in [0.3, 0.4) is 0 Å². The van der Waals surface area contributed by atoms with Crippen LogP contribution in [0, 0.1) is 0 Å². The predicted octanol–water partition coefficient (Wildman–Crippen LogP) is 8.58. The molecule has 0 aliphatic carbocycles. The molecule has 2 aromatic rings. The maximum absolute atomic E-state index is 15.0. The second-order valence-electron chi connectivity index (χ2n) is 8.15. The molecule has 0 aliphatic heterocycles. The summed E-state index contributed by atoms with van der Waals surface area (Å²) in [5, 5.41) is 3.06. The number of allylic oxidation sites excluding steroid dienone is 1. The molecule has 2 aromatic carbocycles. The molecule has 2 rings (SSSR count). The maximum Gasteiger partial charge on any atom is 0.417 e. The Hall–Kier alpha value is -2.52. The summed E-state index contributed by atoms with van der Waals surface area (Å²) < 4.78 is 134. The van der Waals surface area contributed by atoms with E-state index in [4.69, 9.17) is 23.2 Å². The summed E-state index contributed by atoms with van der Waals surface area (Å²) in [7, 11) is 0. The Balaban J connectivity index is 2.44. The van der Waals surface area contributed by atoms with Crippen molar-refractivity contribution in [2.24, 2.45) is 0 Å². The van der Waals surface area contributed by atoms with Gasteiger partial charge in [0.15, 0.2) is 0 Å². The van der Waals surface area contributed by atoms with Crippen LogP contribution in [-0.2, 0) is 11.0 Å². The molecule has 0 fully saturated rings. The molecule has 2 N–H and O–H groups in total. The summed E-state index contributed by atoms with van der Waals surface area (Å²) in [5.41, 5.74) is -4.49. The van der Waals surface area contributed by atoms with Crippen LogP contribution in [0.25, 0.3) is 5.83 Å². The van der Waals surface area contributed by atoms with Gasteiger partial charge in [-0.25, -0.2) is 4.39 Å². The molecule has 220 valence electrons. The van der Waals surface area contributed by atoms with Crippen LogP contribution in [-0.4, -0.2) is 30.3 Å². The normalized spacial score (nSPS) is 14.5. The van der Waals surface area contributed by atoms with Crippen LogP contribution in [0.1, 0.15) is 46.3 Å². The standard InChI is InChI=1S/C23H15BrCl2F10N2O2/c1-9(37-18(39)8-21(28,29)30)38-20(40)12-3-2-10(4-14(12)23(34,35)36)17(27)7-13(22(31,32)33)11-5-15(25)19(24)16(26)6-11/h2-7,9,13H,8H2,1H3,(H,37,39)(H,38,40)/b17-7-/t9-,13?/m1/s1. The molecular formula is C23H15BrCl2F10N2O2. The van der Waals surface area contributed by atoms with E-state index < -0.39 is 76.9 Å². The van der Waals surface area contributed by atoms with E-state index in [1.54, 1.807) is 5.32 Å². The highest BCUT2D eigenvalue weighted by molar-refractivity contribution is 9.10.